The number of para-hydroxylation sites is 2. The van der Waals surface area contributed by atoms with Gasteiger partial charge in [0.15, 0.2) is 5.58 Å². The van der Waals surface area contributed by atoms with Gasteiger partial charge in [0.25, 0.3) is 0 Å². The predicted octanol–water partition coefficient (Wildman–Crippen LogP) is 2.28. The number of nitrogens with zero attached hydrogens (tertiary/aromatic N) is 1. The second-order valence-electron chi connectivity index (χ2n) is 4.73. The van der Waals surface area contributed by atoms with Crippen molar-refractivity contribution in [2.45, 2.75) is 20.0 Å². The maximum Gasteiger partial charge on any atom is 0.420 e. The Morgan fingerprint density at radius 1 is 1.33 bits per heavy atom. The number of hydrogen-bond donors (Lipinski definition) is 1. The van der Waals surface area contributed by atoms with Crippen LogP contribution in [-0.4, -0.2) is 10.5 Å². The summed E-state index contributed by atoms with van der Waals surface area (Å²) in [6.07, 6.45) is 0. The molecule has 0 unspecified atom stereocenters. The minimum atomic E-state index is -0.515. The van der Waals surface area contributed by atoms with E-state index in [1.807, 2.05) is 18.4 Å². The number of benzene rings is 1. The van der Waals surface area contributed by atoms with Crippen molar-refractivity contribution in [3.05, 3.63) is 56.7 Å². The number of aryl methyl sites for hydroxylation is 1. The lowest BCUT2D eigenvalue weighted by Gasteiger charge is -2.05. The first-order valence-electron chi connectivity index (χ1n) is 6.53. The van der Waals surface area contributed by atoms with Gasteiger partial charge >= 0.3 is 5.76 Å². The maximum absolute atomic E-state index is 12.0. The molecule has 108 valence electrons. The monoisotopic (exact) mass is 302 g/mol. The van der Waals surface area contributed by atoms with Crippen LogP contribution in [0, 0.1) is 6.92 Å². The number of nitrogens with one attached hydrogen (secondary N) is 1. The highest BCUT2D eigenvalue weighted by atomic mass is 32.1. The van der Waals surface area contributed by atoms with Crippen molar-refractivity contribution in [2.24, 2.45) is 0 Å². The quantitative estimate of drug-likeness (QED) is 0.804. The van der Waals surface area contributed by atoms with Crippen LogP contribution in [0.15, 0.2) is 44.9 Å². The number of oxazole rings is 1. The Hall–Kier alpha value is -2.34. The SMILES string of the molecule is Cc1ccsc1CNC(=O)Cn1c(=O)oc2ccccc21. The van der Waals surface area contributed by atoms with E-state index < -0.39 is 5.76 Å². The first kappa shape index (κ1) is 13.6. The van der Waals surface area contributed by atoms with Crippen LogP contribution in [-0.2, 0) is 17.9 Å². The number of fused-ring (bicyclic) bond motifs is 1. The van der Waals surface area contributed by atoms with Gasteiger partial charge in [0.1, 0.15) is 6.54 Å². The number of carbonyl (C=O) groups is 1. The molecule has 0 bridgehead atoms. The summed E-state index contributed by atoms with van der Waals surface area (Å²) >= 11 is 1.60. The van der Waals surface area contributed by atoms with Crippen LogP contribution in [0.25, 0.3) is 11.1 Å². The molecule has 1 amide bonds. The molecule has 0 atom stereocenters. The Labute approximate surface area is 124 Å². The van der Waals surface area contributed by atoms with Crippen LogP contribution in [0.4, 0.5) is 0 Å². The summed E-state index contributed by atoms with van der Waals surface area (Å²) in [5, 5.41) is 4.82. The Bertz CT molecular complexity index is 844. The maximum atomic E-state index is 12.0. The Morgan fingerprint density at radius 3 is 2.90 bits per heavy atom. The van der Waals surface area contributed by atoms with Crippen molar-refractivity contribution in [1.29, 1.82) is 0 Å². The molecule has 1 N–H and O–H groups in total. The molecule has 3 rings (SSSR count). The van der Waals surface area contributed by atoms with Gasteiger partial charge in [-0.1, -0.05) is 12.1 Å². The van der Waals surface area contributed by atoms with E-state index in [2.05, 4.69) is 5.32 Å². The van der Waals surface area contributed by atoms with Gasteiger partial charge in [0.2, 0.25) is 5.91 Å². The third kappa shape index (κ3) is 2.75. The van der Waals surface area contributed by atoms with Crippen LogP contribution >= 0.6 is 11.3 Å². The summed E-state index contributed by atoms with van der Waals surface area (Å²) in [5.41, 5.74) is 2.28. The van der Waals surface area contributed by atoms with Gasteiger partial charge in [0.05, 0.1) is 12.1 Å². The van der Waals surface area contributed by atoms with Gasteiger partial charge < -0.3 is 9.73 Å². The molecule has 0 saturated carbocycles. The fraction of sp³-hybridized carbons (Fsp3) is 0.200. The predicted molar refractivity (Wildman–Crippen MR) is 81.4 cm³/mol. The number of rotatable bonds is 4. The zero-order valence-electron chi connectivity index (χ0n) is 11.5. The second kappa shape index (κ2) is 5.57. The van der Waals surface area contributed by atoms with Gasteiger partial charge in [-0.2, -0.15) is 0 Å². The third-order valence-corrected chi connectivity index (χ3v) is 4.31. The van der Waals surface area contributed by atoms with Crippen LogP contribution in [0.3, 0.4) is 0 Å². The minimum absolute atomic E-state index is 0.0414. The lowest BCUT2D eigenvalue weighted by molar-refractivity contribution is -0.121. The molecule has 0 saturated heterocycles. The first-order valence-corrected chi connectivity index (χ1v) is 7.41. The molecule has 0 aliphatic carbocycles. The summed E-state index contributed by atoms with van der Waals surface area (Å²) in [4.78, 5) is 24.9. The second-order valence-corrected chi connectivity index (χ2v) is 5.73. The fourth-order valence-electron chi connectivity index (χ4n) is 2.13. The molecule has 21 heavy (non-hydrogen) atoms. The minimum Gasteiger partial charge on any atom is -0.408 e. The highest BCUT2D eigenvalue weighted by Gasteiger charge is 2.12. The van der Waals surface area contributed by atoms with E-state index in [0.29, 0.717) is 17.6 Å². The number of aromatic nitrogens is 1. The molecule has 0 fully saturated rings. The van der Waals surface area contributed by atoms with E-state index in [1.54, 1.807) is 35.6 Å². The lowest BCUT2D eigenvalue weighted by Crippen LogP contribution is -2.30. The molecule has 6 heteroatoms. The smallest absolute Gasteiger partial charge is 0.408 e. The molecular weight excluding hydrogens is 288 g/mol. The summed E-state index contributed by atoms with van der Waals surface area (Å²) in [6.45, 7) is 2.44. The summed E-state index contributed by atoms with van der Waals surface area (Å²) in [5.74, 6) is -0.727. The highest BCUT2D eigenvalue weighted by molar-refractivity contribution is 7.10. The molecule has 0 aliphatic rings. The summed E-state index contributed by atoms with van der Waals surface area (Å²) < 4.78 is 6.44. The van der Waals surface area contributed by atoms with E-state index in [4.69, 9.17) is 4.42 Å². The number of carbonyl (C=O) groups excluding carboxylic acids is 1. The molecule has 0 aliphatic heterocycles. The first-order chi connectivity index (χ1) is 10.1. The fourth-order valence-corrected chi connectivity index (χ4v) is 2.97. The normalized spacial score (nSPS) is 10.9. The van der Waals surface area contributed by atoms with Gasteiger partial charge in [-0.3, -0.25) is 9.36 Å². The molecule has 0 spiro atoms. The lowest BCUT2D eigenvalue weighted by atomic mass is 10.3. The Morgan fingerprint density at radius 2 is 2.14 bits per heavy atom. The largest absolute Gasteiger partial charge is 0.420 e. The van der Waals surface area contributed by atoms with E-state index in [9.17, 15) is 9.59 Å². The van der Waals surface area contributed by atoms with Crippen LogP contribution < -0.4 is 11.1 Å². The van der Waals surface area contributed by atoms with Crippen molar-refractivity contribution in [3.8, 4) is 0 Å². The van der Waals surface area contributed by atoms with Gasteiger partial charge in [0, 0.05) is 4.88 Å². The van der Waals surface area contributed by atoms with Crippen LogP contribution in [0.5, 0.6) is 0 Å². The van der Waals surface area contributed by atoms with Crippen molar-refractivity contribution in [1.82, 2.24) is 9.88 Å². The molecule has 0 radical (unpaired) electrons. The molecule has 3 aromatic rings. The molecule has 5 nitrogen and oxygen atoms in total. The zero-order chi connectivity index (χ0) is 14.8. The molecule has 2 aromatic heterocycles. The highest BCUT2D eigenvalue weighted by Crippen LogP contribution is 2.15. The molecule has 2 heterocycles. The van der Waals surface area contributed by atoms with Crippen LogP contribution in [0.2, 0.25) is 0 Å². The average molecular weight is 302 g/mol. The van der Waals surface area contributed by atoms with Crippen molar-refractivity contribution in [2.75, 3.05) is 0 Å². The summed E-state index contributed by atoms with van der Waals surface area (Å²) in [6, 6.07) is 9.08. The van der Waals surface area contributed by atoms with Crippen molar-refractivity contribution < 1.29 is 9.21 Å². The Kier molecular flexibility index (Phi) is 3.62. The van der Waals surface area contributed by atoms with E-state index in [0.717, 1.165) is 10.4 Å². The van der Waals surface area contributed by atoms with Gasteiger partial charge in [-0.25, -0.2) is 4.79 Å². The number of thiophene rings is 1. The number of amides is 1. The standard InChI is InChI=1S/C15H14N2O3S/c1-10-6-7-21-13(10)8-16-14(18)9-17-11-4-2-3-5-12(11)20-15(17)19/h2-7H,8-9H2,1H3,(H,16,18). The van der Waals surface area contributed by atoms with Gasteiger partial charge in [-0.15, -0.1) is 11.3 Å². The topological polar surface area (TPSA) is 64.2 Å². The average Bonchev–Trinajstić information content (AvgIpc) is 3.01. The van der Waals surface area contributed by atoms with E-state index in [1.165, 1.54) is 4.57 Å². The van der Waals surface area contributed by atoms with Crippen molar-refractivity contribution >= 4 is 28.3 Å². The van der Waals surface area contributed by atoms with Crippen LogP contribution in [0.1, 0.15) is 10.4 Å². The third-order valence-electron chi connectivity index (χ3n) is 3.29. The van der Waals surface area contributed by atoms with E-state index in [-0.39, 0.29) is 12.5 Å². The van der Waals surface area contributed by atoms with E-state index >= 15 is 0 Å². The van der Waals surface area contributed by atoms with Gasteiger partial charge in [-0.05, 0) is 36.1 Å². The molecule has 1 aromatic carbocycles. The zero-order valence-corrected chi connectivity index (χ0v) is 12.3. The van der Waals surface area contributed by atoms with Crippen molar-refractivity contribution in [3.63, 3.8) is 0 Å². The summed E-state index contributed by atoms with van der Waals surface area (Å²) in [7, 11) is 0. The molecular formula is C15H14N2O3S. The Balaban J connectivity index is 1.73. The number of hydrogen-bond acceptors (Lipinski definition) is 4.